The smallest absolute Gasteiger partial charge is 0.263 e. The van der Waals surface area contributed by atoms with Gasteiger partial charge in [0.2, 0.25) is 0 Å². The molecule has 0 aliphatic carbocycles. The Morgan fingerprint density at radius 1 is 1.35 bits per heavy atom. The highest BCUT2D eigenvalue weighted by atomic mass is 79.9. The van der Waals surface area contributed by atoms with Crippen molar-refractivity contribution >= 4 is 37.5 Å². The largest absolute Gasteiger partial charge is 0.506 e. The Bertz CT molecular complexity index is 763. The van der Waals surface area contributed by atoms with E-state index in [0.717, 1.165) is 4.47 Å². The van der Waals surface area contributed by atoms with Crippen LogP contribution in [0.5, 0.6) is 5.75 Å². The van der Waals surface area contributed by atoms with E-state index in [0.29, 0.717) is 5.56 Å². The summed E-state index contributed by atoms with van der Waals surface area (Å²) in [6.45, 7) is 1.74. The van der Waals surface area contributed by atoms with Crippen molar-refractivity contribution in [2.75, 3.05) is 10.5 Å². The number of sulfonamides is 1. The number of nitrogens with two attached hydrogens (primary N) is 1. The summed E-state index contributed by atoms with van der Waals surface area (Å²) in [7, 11) is -3.81. The second-order valence-electron chi connectivity index (χ2n) is 4.15. The number of nitrogens with zero attached hydrogens (tertiary/aromatic N) is 1. The maximum atomic E-state index is 12.2. The van der Waals surface area contributed by atoms with E-state index in [1.165, 1.54) is 24.4 Å². The normalized spacial score (nSPS) is 11.3. The van der Waals surface area contributed by atoms with E-state index in [9.17, 15) is 13.5 Å². The third-order valence-corrected chi connectivity index (χ3v) is 4.36. The average molecular weight is 358 g/mol. The molecule has 0 saturated carbocycles. The van der Waals surface area contributed by atoms with Gasteiger partial charge in [-0.05, 0) is 52.7 Å². The van der Waals surface area contributed by atoms with Gasteiger partial charge in [0.1, 0.15) is 11.6 Å². The first-order valence-electron chi connectivity index (χ1n) is 5.53. The lowest BCUT2D eigenvalue weighted by atomic mass is 10.3. The van der Waals surface area contributed by atoms with Gasteiger partial charge >= 0.3 is 0 Å². The maximum absolute atomic E-state index is 12.2. The van der Waals surface area contributed by atoms with Crippen LogP contribution in [0, 0.1) is 6.92 Å². The fraction of sp³-hybridized carbons (Fsp3) is 0.0833. The van der Waals surface area contributed by atoms with Crippen LogP contribution in [-0.2, 0) is 10.0 Å². The molecule has 2 rings (SSSR count). The molecule has 0 spiro atoms. The summed E-state index contributed by atoms with van der Waals surface area (Å²) in [4.78, 5) is 3.97. The molecule has 0 unspecified atom stereocenters. The number of rotatable bonds is 3. The molecule has 0 aliphatic heterocycles. The van der Waals surface area contributed by atoms with Gasteiger partial charge in [-0.3, -0.25) is 4.72 Å². The first-order valence-corrected chi connectivity index (χ1v) is 7.80. The van der Waals surface area contributed by atoms with E-state index in [-0.39, 0.29) is 22.2 Å². The van der Waals surface area contributed by atoms with Gasteiger partial charge in [0, 0.05) is 10.7 Å². The topological polar surface area (TPSA) is 105 Å². The molecule has 0 amide bonds. The van der Waals surface area contributed by atoms with Gasteiger partial charge in [0.15, 0.2) is 0 Å². The summed E-state index contributed by atoms with van der Waals surface area (Å²) in [6.07, 6.45) is 1.50. The number of aromatic nitrogens is 1. The number of nitrogen functional groups attached to an aromatic ring is 1. The van der Waals surface area contributed by atoms with Crippen LogP contribution in [0.25, 0.3) is 0 Å². The predicted molar refractivity (Wildman–Crippen MR) is 80.0 cm³/mol. The van der Waals surface area contributed by atoms with Crippen LogP contribution in [0.15, 0.2) is 39.8 Å². The molecule has 1 aromatic carbocycles. The molecule has 0 atom stereocenters. The Morgan fingerprint density at radius 3 is 2.65 bits per heavy atom. The van der Waals surface area contributed by atoms with Crippen molar-refractivity contribution in [1.82, 2.24) is 4.98 Å². The minimum Gasteiger partial charge on any atom is -0.506 e. The van der Waals surface area contributed by atoms with E-state index >= 15 is 0 Å². The predicted octanol–water partition coefficient (Wildman–Crippen LogP) is 2.24. The van der Waals surface area contributed by atoms with E-state index < -0.39 is 10.0 Å². The summed E-state index contributed by atoms with van der Waals surface area (Å²) in [5, 5.41) is 9.32. The zero-order valence-corrected chi connectivity index (χ0v) is 12.9. The van der Waals surface area contributed by atoms with Crippen molar-refractivity contribution in [2.45, 2.75) is 11.8 Å². The molecule has 0 fully saturated rings. The van der Waals surface area contributed by atoms with Crippen molar-refractivity contribution in [3.05, 3.63) is 40.5 Å². The molecular weight excluding hydrogens is 346 g/mol. The number of hydrogen-bond donors (Lipinski definition) is 3. The minimum absolute atomic E-state index is 0.00615. The molecule has 0 saturated heterocycles. The van der Waals surface area contributed by atoms with Crippen LogP contribution in [0.3, 0.4) is 0 Å². The molecular formula is C12H12BrN3O3S. The number of halogens is 1. The summed E-state index contributed by atoms with van der Waals surface area (Å²) in [6, 6.07) is 5.43. The number of aromatic hydroxyl groups is 1. The molecule has 8 heteroatoms. The highest BCUT2D eigenvalue weighted by Gasteiger charge is 2.17. The summed E-state index contributed by atoms with van der Waals surface area (Å²) in [5.74, 6) is 0.0711. The summed E-state index contributed by atoms with van der Waals surface area (Å²) >= 11 is 3.25. The lowest BCUT2D eigenvalue weighted by Crippen LogP contribution is -2.15. The monoisotopic (exact) mass is 357 g/mol. The molecule has 0 bridgehead atoms. The third kappa shape index (κ3) is 3.02. The maximum Gasteiger partial charge on any atom is 0.263 e. The Balaban J connectivity index is 2.38. The SMILES string of the molecule is Cc1cc(Br)cnc1NS(=O)(=O)c1ccc(O)c(N)c1. The van der Waals surface area contributed by atoms with Crippen LogP contribution >= 0.6 is 15.9 Å². The molecule has 2 aromatic rings. The molecule has 4 N–H and O–H groups in total. The van der Waals surface area contributed by atoms with Gasteiger partial charge in [-0.15, -0.1) is 0 Å². The number of phenols is 1. The van der Waals surface area contributed by atoms with E-state index in [1.54, 1.807) is 13.0 Å². The summed E-state index contributed by atoms with van der Waals surface area (Å²) in [5.41, 5.74) is 6.17. The van der Waals surface area contributed by atoms with Crippen LogP contribution in [-0.4, -0.2) is 18.5 Å². The van der Waals surface area contributed by atoms with E-state index in [2.05, 4.69) is 25.6 Å². The van der Waals surface area contributed by atoms with E-state index in [4.69, 9.17) is 5.73 Å². The van der Waals surface area contributed by atoms with Crippen molar-refractivity contribution in [3.63, 3.8) is 0 Å². The molecule has 1 aromatic heterocycles. The van der Waals surface area contributed by atoms with Crippen molar-refractivity contribution < 1.29 is 13.5 Å². The van der Waals surface area contributed by atoms with Crippen molar-refractivity contribution in [1.29, 1.82) is 0 Å². The molecule has 0 aliphatic rings. The molecule has 1 heterocycles. The number of anilines is 2. The second-order valence-corrected chi connectivity index (χ2v) is 6.74. The number of hydrogen-bond acceptors (Lipinski definition) is 5. The first-order chi connectivity index (χ1) is 9.29. The van der Waals surface area contributed by atoms with E-state index in [1.807, 2.05) is 0 Å². The standard InChI is InChI=1S/C12H12BrN3O3S/c1-7-4-8(13)6-15-12(7)16-20(18,19)9-2-3-11(17)10(14)5-9/h2-6,17H,14H2,1H3,(H,15,16). The Labute approximate surface area is 124 Å². The highest BCUT2D eigenvalue weighted by Crippen LogP contribution is 2.25. The van der Waals surface area contributed by atoms with Gasteiger partial charge < -0.3 is 10.8 Å². The van der Waals surface area contributed by atoms with Gasteiger partial charge in [-0.25, -0.2) is 13.4 Å². The third-order valence-electron chi connectivity index (χ3n) is 2.59. The number of nitrogens with one attached hydrogen (secondary N) is 1. The lowest BCUT2D eigenvalue weighted by Gasteiger charge is -2.10. The van der Waals surface area contributed by atoms with Gasteiger partial charge in [0.25, 0.3) is 10.0 Å². The van der Waals surface area contributed by atoms with Gasteiger partial charge in [0.05, 0.1) is 10.6 Å². The molecule has 6 nitrogen and oxygen atoms in total. The zero-order valence-electron chi connectivity index (χ0n) is 10.5. The number of benzene rings is 1. The molecule has 106 valence electrons. The lowest BCUT2D eigenvalue weighted by molar-refractivity contribution is 0.477. The Hall–Kier alpha value is -1.80. The second kappa shape index (κ2) is 5.29. The fourth-order valence-electron chi connectivity index (χ4n) is 1.53. The van der Waals surface area contributed by atoms with Crippen LogP contribution in [0.1, 0.15) is 5.56 Å². The zero-order chi connectivity index (χ0) is 14.9. The van der Waals surface area contributed by atoms with Crippen molar-refractivity contribution in [2.24, 2.45) is 0 Å². The van der Waals surface area contributed by atoms with Crippen molar-refractivity contribution in [3.8, 4) is 5.75 Å². The number of aryl methyl sites for hydroxylation is 1. The minimum atomic E-state index is -3.81. The quantitative estimate of drug-likeness (QED) is 0.577. The fourth-order valence-corrected chi connectivity index (χ4v) is 3.09. The number of pyridine rings is 1. The average Bonchev–Trinajstić information content (AvgIpc) is 2.36. The Kier molecular flexibility index (Phi) is 3.87. The van der Waals surface area contributed by atoms with Crippen LogP contribution < -0.4 is 10.5 Å². The highest BCUT2D eigenvalue weighted by molar-refractivity contribution is 9.10. The molecule has 0 radical (unpaired) electrons. The van der Waals surface area contributed by atoms with Gasteiger partial charge in [-0.1, -0.05) is 0 Å². The molecule has 20 heavy (non-hydrogen) atoms. The number of phenolic OH excluding ortho intramolecular Hbond substituents is 1. The Morgan fingerprint density at radius 2 is 2.05 bits per heavy atom. The van der Waals surface area contributed by atoms with Crippen LogP contribution in [0.2, 0.25) is 0 Å². The first kappa shape index (κ1) is 14.6. The summed E-state index contributed by atoms with van der Waals surface area (Å²) < 4.78 is 27.5. The van der Waals surface area contributed by atoms with Gasteiger partial charge in [-0.2, -0.15) is 0 Å². The van der Waals surface area contributed by atoms with Crippen LogP contribution in [0.4, 0.5) is 11.5 Å².